The van der Waals surface area contributed by atoms with Gasteiger partial charge >= 0.3 is 0 Å². The van der Waals surface area contributed by atoms with Gasteiger partial charge in [-0.05, 0) is 37.1 Å². The molecule has 0 spiro atoms. The van der Waals surface area contributed by atoms with E-state index in [4.69, 9.17) is 21.1 Å². The van der Waals surface area contributed by atoms with Gasteiger partial charge in [0.05, 0.1) is 21.7 Å². The van der Waals surface area contributed by atoms with E-state index in [0.717, 1.165) is 18.4 Å². The second-order valence-corrected chi connectivity index (χ2v) is 7.95. The number of rotatable bonds is 5. The van der Waals surface area contributed by atoms with E-state index in [2.05, 4.69) is 10.1 Å². The van der Waals surface area contributed by atoms with E-state index in [1.165, 1.54) is 11.8 Å². The number of nitrogens with zero attached hydrogens (tertiary/aromatic N) is 4. The van der Waals surface area contributed by atoms with Gasteiger partial charge in [0.2, 0.25) is 11.7 Å². The van der Waals surface area contributed by atoms with Crippen LogP contribution < -0.4 is 5.56 Å². The molecule has 4 aromatic rings. The summed E-state index contributed by atoms with van der Waals surface area (Å²) in [5, 5.41) is 5.93. The summed E-state index contributed by atoms with van der Waals surface area (Å²) in [4.78, 5) is 22.1. The average molecular weight is 411 g/mol. The molecular formula is C20H15ClN4O2S. The molecule has 5 rings (SSSR count). The Kier molecular flexibility index (Phi) is 4.41. The largest absolute Gasteiger partial charge is 0.338 e. The summed E-state index contributed by atoms with van der Waals surface area (Å²) in [5.41, 5.74) is 1.44. The molecule has 6 nitrogen and oxygen atoms in total. The molecule has 28 heavy (non-hydrogen) atoms. The van der Waals surface area contributed by atoms with Gasteiger partial charge in [-0.1, -0.05) is 52.8 Å². The maximum absolute atomic E-state index is 12.9. The third-order valence-corrected chi connectivity index (χ3v) is 5.86. The van der Waals surface area contributed by atoms with Crippen LogP contribution in [0.2, 0.25) is 5.02 Å². The molecule has 1 aliphatic carbocycles. The van der Waals surface area contributed by atoms with Crippen molar-refractivity contribution in [2.24, 2.45) is 0 Å². The first-order chi connectivity index (χ1) is 13.7. The van der Waals surface area contributed by atoms with E-state index >= 15 is 0 Å². The second kappa shape index (κ2) is 7.07. The predicted octanol–water partition coefficient (Wildman–Crippen LogP) is 4.73. The molecule has 0 radical (unpaired) electrons. The maximum atomic E-state index is 12.9. The molecule has 0 atom stereocenters. The smallest absolute Gasteiger partial charge is 0.262 e. The minimum absolute atomic E-state index is 0.0119. The van der Waals surface area contributed by atoms with Crippen molar-refractivity contribution in [1.29, 1.82) is 0 Å². The summed E-state index contributed by atoms with van der Waals surface area (Å²) in [6.45, 7) is 0. The zero-order valence-corrected chi connectivity index (χ0v) is 16.3. The molecule has 1 aliphatic rings. The van der Waals surface area contributed by atoms with Crippen LogP contribution >= 0.6 is 23.4 Å². The summed E-state index contributed by atoms with van der Waals surface area (Å²) in [6, 6.07) is 15.0. The van der Waals surface area contributed by atoms with Gasteiger partial charge in [0.15, 0.2) is 5.16 Å². The van der Waals surface area contributed by atoms with Crippen LogP contribution in [0.25, 0.3) is 22.3 Å². The SMILES string of the molecule is O=c1c2ccccc2nc(SCc2nc(-c3ccccc3Cl)no2)n1C1CC1. The Hall–Kier alpha value is -2.64. The van der Waals surface area contributed by atoms with Crippen molar-refractivity contribution < 1.29 is 4.52 Å². The maximum Gasteiger partial charge on any atom is 0.262 e. The fraction of sp³-hybridized carbons (Fsp3) is 0.200. The first kappa shape index (κ1) is 17.5. The van der Waals surface area contributed by atoms with Gasteiger partial charge < -0.3 is 4.52 Å². The van der Waals surface area contributed by atoms with Gasteiger partial charge in [-0.2, -0.15) is 4.98 Å². The molecule has 1 saturated carbocycles. The molecule has 0 aliphatic heterocycles. The van der Waals surface area contributed by atoms with Crippen molar-refractivity contribution in [1.82, 2.24) is 19.7 Å². The standard InChI is InChI=1S/C20H15ClN4O2S/c21-15-7-3-1-5-13(15)18-23-17(27-24-18)11-28-20-22-16-8-4-2-6-14(16)19(26)25(20)12-9-10-12/h1-8,12H,9-11H2. The zero-order valence-electron chi connectivity index (χ0n) is 14.7. The monoisotopic (exact) mass is 410 g/mol. The number of hydrogen-bond donors (Lipinski definition) is 0. The molecule has 0 N–H and O–H groups in total. The normalized spacial score (nSPS) is 13.9. The summed E-state index contributed by atoms with van der Waals surface area (Å²) >= 11 is 7.63. The first-order valence-electron chi connectivity index (χ1n) is 8.92. The Morgan fingerprint density at radius 2 is 1.89 bits per heavy atom. The highest BCUT2D eigenvalue weighted by Gasteiger charge is 2.28. The highest BCUT2D eigenvalue weighted by atomic mass is 35.5. The molecule has 1 fully saturated rings. The van der Waals surface area contributed by atoms with E-state index < -0.39 is 0 Å². The Labute approximate surface area is 169 Å². The fourth-order valence-electron chi connectivity index (χ4n) is 3.07. The lowest BCUT2D eigenvalue weighted by Gasteiger charge is -2.11. The van der Waals surface area contributed by atoms with Gasteiger partial charge in [-0.25, -0.2) is 4.98 Å². The topological polar surface area (TPSA) is 73.8 Å². The number of aromatic nitrogens is 4. The lowest BCUT2D eigenvalue weighted by Crippen LogP contribution is -2.22. The van der Waals surface area contributed by atoms with Crippen LogP contribution in [0.15, 0.2) is 63.0 Å². The number of hydrogen-bond acceptors (Lipinski definition) is 6. The Bertz CT molecular complexity index is 1230. The number of benzene rings is 2. The second-order valence-electron chi connectivity index (χ2n) is 6.60. The molecule has 2 aromatic heterocycles. The van der Waals surface area contributed by atoms with Crippen molar-refractivity contribution in [2.45, 2.75) is 29.8 Å². The first-order valence-corrected chi connectivity index (χ1v) is 10.3. The molecule has 0 amide bonds. The number of para-hydroxylation sites is 1. The third-order valence-electron chi connectivity index (χ3n) is 4.60. The van der Waals surface area contributed by atoms with Crippen LogP contribution in [0.3, 0.4) is 0 Å². The number of halogens is 1. The molecule has 2 heterocycles. The molecule has 0 unspecified atom stereocenters. The quantitative estimate of drug-likeness (QED) is 0.350. The van der Waals surface area contributed by atoms with Crippen molar-refractivity contribution in [3.05, 3.63) is 69.8 Å². The van der Waals surface area contributed by atoms with E-state index in [1.54, 1.807) is 10.6 Å². The lowest BCUT2D eigenvalue weighted by molar-refractivity contribution is 0.391. The highest BCUT2D eigenvalue weighted by molar-refractivity contribution is 7.98. The van der Waals surface area contributed by atoms with Gasteiger partial charge in [0.1, 0.15) is 0 Å². The zero-order chi connectivity index (χ0) is 19.1. The molecule has 0 bridgehead atoms. The number of fused-ring (bicyclic) bond motifs is 1. The Morgan fingerprint density at radius 3 is 2.71 bits per heavy atom. The highest BCUT2D eigenvalue weighted by Crippen LogP contribution is 2.37. The summed E-state index contributed by atoms with van der Waals surface area (Å²) in [5.74, 6) is 1.34. The third kappa shape index (κ3) is 3.21. The molecular weight excluding hydrogens is 396 g/mol. The van der Waals surface area contributed by atoms with E-state index in [-0.39, 0.29) is 11.6 Å². The lowest BCUT2D eigenvalue weighted by atomic mass is 10.2. The van der Waals surface area contributed by atoms with Crippen molar-refractivity contribution >= 4 is 34.3 Å². The Balaban J connectivity index is 1.45. The molecule has 8 heteroatoms. The van der Waals surface area contributed by atoms with Crippen molar-refractivity contribution in [2.75, 3.05) is 0 Å². The van der Waals surface area contributed by atoms with Crippen LogP contribution in [0.1, 0.15) is 24.8 Å². The van der Waals surface area contributed by atoms with Gasteiger partial charge in [-0.15, -0.1) is 0 Å². The average Bonchev–Trinajstić information content (AvgIpc) is 3.44. The van der Waals surface area contributed by atoms with E-state index in [1.807, 2.05) is 42.5 Å². The van der Waals surface area contributed by atoms with E-state index in [0.29, 0.717) is 38.5 Å². The fourth-order valence-corrected chi connectivity index (χ4v) is 4.20. The van der Waals surface area contributed by atoms with Crippen LogP contribution in [0.5, 0.6) is 0 Å². The Morgan fingerprint density at radius 1 is 1.11 bits per heavy atom. The minimum atomic E-state index is 0.0119. The van der Waals surface area contributed by atoms with Crippen molar-refractivity contribution in [3.8, 4) is 11.4 Å². The molecule has 0 saturated heterocycles. The van der Waals surface area contributed by atoms with Crippen LogP contribution in [0, 0.1) is 0 Å². The summed E-state index contributed by atoms with van der Waals surface area (Å²) in [7, 11) is 0. The van der Waals surface area contributed by atoms with Gasteiger partial charge in [-0.3, -0.25) is 9.36 Å². The summed E-state index contributed by atoms with van der Waals surface area (Å²) < 4.78 is 7.18. The number of thioether (sulfide) groups is 1. The van der Waals surface area contributed by atoms with Gasteiger partial charge in [0, 0.05) is 11.6 Å². The van der Waals surface area contributed by atoms with Crippen LogP contribution in [-0.2, 0) is 5.75 Å². The molecule has 140 valence electrons. The molecule has 2 aromatic carbocycles. The van der Waals surface area contributed by atoms with Crippen LogP contribution in [-0.4, -0.2) is 19.7 Å². The minimum Gasteiger partial charge on any atom is -0.338 e. The summed E-state index contributed by atoms with van der Waals surface area (Å²) in [6.07, 6.45) is 2.01. The van der Waals surface area contributed by atoms with Crippen LogP contribution in [0.4, 0.5) is 0 Å². The van der Waals surface area contributed by atoms with E-state index in [9.17, 15) is 4.79 Å². The van der Waals surface area contributed by atoms with Gasteiger partial charge in [0.25, 0.3) is 5.56 Å². The predicted molar refractivity (Wildman–Crippen MR) is 109 cm³/mol. The van der Waals surface area contributed by atoms with Crippen molar-refractivity contribution in [3.63, 3.8) is 0 Å².